The van der Waals surface area contributed by atoms with E-state index in [0.717, 1.165) is 28.0 Å². The molecule has 0 aliphatic rings. The molecule has 0 spiro atoms. The Morgan fingerprint density at radius 1 is 1.21 bits per heavy atom. The van der Waals surface area contributed by atoms with Gasteiger partial charge in [0.25, 0.3) is 0 Å². The third kappa shape index (κ3) is 5.08. The Bertz CT molecular complexity index is 1330. The molecule has 0 radical (unpaired) electrons. The van der Waals surface area contributed by atoms with E-state index >= 15 is 0 Å². The fraction of sp³-hybridized carbons (Fsp3) is 0.192. The molecule has 0 saturated carbocycles. The van der Waals surface area contributed by atoms with E-state index in [9.17, 15) is 4.39 Å². The van der Waals surface area contributed by atoms with Crippen LogP contribution in [0.3, 0.4) is 0 Å². The minimum Gasteiger partial charge on any atom is -0.350 e. The summed E-state index contributed by atoms with van der Waals surface area (Å²) in [6.45, 7) is 7.69. The van der Waals surface area contributed by atoms with Gasteiger partial charge in [0.15, 0.2) is 0 Å². The van der Waals surface area contributed by atoms with Gasteiger partial charge in [-0.25, -0.2) is 19.3 Å². The van der Waals surface area contributed by atoms with Crippen molar-refractivity contribution in [3.8, 4) is 35.0 Å². The fourth-order valence-corrected chi connectivity index (χ4v) is 3.57. The molecule has 33 heavy (non-hydrogen) atoms. The normalized spacial score (nSPS) is 11.0. The topological polar surface area (TPSA) is 58.4 Å². The monoisotopic (exact) mass is 440 g/mol. The molecule has 0 atom stereocenters. The minimum absolute atomic E-state index is 0.295. The molecule has 0 aliphatic heterocycles. The largest absolute Gasteiger partial charge is 0.350 e. The average Bonchev–Trinajstić information content (AvgIpc) is 3.17. The van der Waals surface area contributed by atoms with E-state index in [0.29, 0.717) is 37.0 Å². The zero-order valence-corrected chi connectivity index (χ0v) is 18.7. The Morgan fingerprint density at radius 3 is 2.73 bits per heavy atom. The first kappa shape index (κ1) is 22.2. The molecule has 0 aliphatic carbocycles. The lowest BCUT2D eigenvalue weighted by molar-refractivity contribution is 0.369. The van der Waals surface area contributed by atoms with E-state index < -0.39 is 0 Å². The number of fused-ring (bicyclic) bond motifs is 1. The summed E-state index contributed by atoms with van der Waals surface area (Å²) < 4.78 is 15.6. The van der Waals surface area contributed by atoms with Gasteiger partial charge < -0.3 is 5.32 Å². The molecule has 4 rings (SSSR count). The number of nitrogens with one attached hydrogen (secondary N) is 1. The van der Waals surface area contributed by atoms with Gasteiger partial charge >= 0.3 is 0 Å². The van der Waals surface area contributed by atoms with Gasteiger partial charge in [-0.2, -0.15) is 0 Å². The van der Waals surface area contributed by atoms with E-state index in [1.54, 1.807) is 18.3 Å². The molecule has 3 aromatic heterocycles. The summed E-state index contributed by atoms with van der Waals surface area (Å²) in [5.41, 5.74) is 5.87. The third-order valence-electron chi connectivity index (χ3n) is 5.07. The highest BCUT2D eigenvalue weighted by molar-refractivity contribution is 5.80. The maximum atomic E-state index is 13.6. The van der Waals surface area contributed by atoms with Gasteiger partial charge in [0.1, 0.15) is 11.5 Å². The van der Waals surface area contributed by atoms with Gasteiger partial charge in [-0.05, 0) is 62.0 Å². The Balaban J connectivity index is 1.83. The second-order valence-corrected chi connectivity index (χ2v) is 8.03. The third-order valence-corrected chi connectivity index (χ3v) is 5.07. The number of terminal acetylenes is 1. The maximum Gasteiger partial charge on any atom is 0.223 e. The number of benzene rings is 1. The summed E-state index contributed by atoms with van der Waals surface area (Å²) in [7, 11) is 1.98. The van der Waals surface area contributed by atoms with Crippen LogP contribution in [0, 0.1) is 18.2 Å². The average molecular weight is 441 g/mol. The summed E-state index contributed by atoms with van der Waals surface area (Å²) in [6.07, 6.45) is 9.12. The van der Waals surface area contributed by atoms with E-state index in [-0.39, 0.29) is 5.82 Å². The van der Waals surface area contributed by atoms with Gasteiger partial charge in [0.05, 0.1) is 23.6 Å². The molecule has 0 amide bonds. The number of halogens is 1. The first-order valence-electron chi connectivity index (χ1n) is 10.5. The van der Waals surface area contributed by atoms with E-state index in [1.807, 2.05) is 42.8 Å². The first-order chi connectivity index (χ1) is 15.9. The van der Waals surface area contributed by atoms with Gasteiger partial charge in [0.2, 0.25) is 5.95 Å². The molecule has 7 heteroatoms. The summed E-state index contributed by atoms with van der Waals surface area (Å²) in [5, 5.41) is 3.18. The lowest BCUT2D eigenvalue weighted by Gasteiger charge is -2.13. The summed E-state index contributed by atoms with van der Waals surface area (Å²) >= 11 is 0. The predicted octanol–water partition coefficient (Wildman–Crippen LogP) is 4.65. The smallest absolute Gasteiger partial charge is 0.223 e. The van der Waals surface area contributed by atoms with E-state index in [1.165, 1.54) is 12.1 Å². The lowest BCUT2D eigenvalue weighted by Crippen LogP contribution is -2.17. The van der Waals surface area contributed by atoms with Gasteiger partial charge in [-0.3, -0.25) is 9.30 Å². The Hall–Kier alpha value is -4.02. The van der Waals surface area contributed by atoms with Gasteiger partial charge in [-0.15, -0.1) is 6.42 Å². The second kappa shape index (κ2) is 9.63. The molecule has 6 nitrogen and oxygen atoms in total. The number of aromatic nitrogens is 4. The number of hydrogen-bond acceptors (Lipinski definition) is 5. The number of anilines is 1. The van der Waals surface area contributed by atoms with Crippen molar-refractivity contribution >= 4 is 11.6 Å². The minimum atomic E-state index is -0.295. The number of imidazole rings is 1. The molecule has 166 valence electrons. The molecule has 3 heterocycles. The van der Waals surface area contributed by atoms with Gasteiger partial charge in [0, 0.05) is 31.0 Å². The molecule has 0 fully saturated rings. The van der Waals surface area contributed by atoms with Crippen molar-refractivity contribution in [3.05, 3.63) is 78.4 Å². The van der Waals surface area contributed by atoms with Crippen LogP contribution in [0.4, 0.5) is 10.3 Å². The Kier molecular flexibility index (Phi) is 6.48. The maximum absolute atomic E-state index is 13.6. The molecule has 4 aromatic rings. The Labute approximate surface area is 192 Å². The van der Waals surface area contributed by atoms with Crippen LogP contribution in [-0.4, -0.2) is 44.4 Å². The first-order valence-corrected chi connectivity index (χ1v) is 10.5. The van der Waals surface area contributed by atoms with Crippen LogP contribution in [0.15, 0.2) is 67.0 Å². The SMILES string of the molecule is C#CCN(C)Cc1ccn2c(-c3ccnc(NCC(=C)C)n3)c(-c3ccc(F)cc3)nc2c1. The molecule has 0 unspecified atom stereocenters. The highest BCUT2D eigenvalue weighted by atomic mass is 19.1. The molecule has 1 aromatic carbocycles. The van der Waals surface area contributed by atoms with Crippen molar-refractivity contribution in [1.29, 1.82) is 0 Å². The lowest BCUT2D eigenvalue weighted by atomic mass is 10.1. The van der Waals surface area contributed by atoms with Crippen molar-refractivity contribution in [1.82, 2.24) is 24.3 Å². The van der Waals surface area contributed by atoms with Crippen molar-refractivity contribution in [2.45, 2.75) is 13.5 Å². The van der Waals surface area contributed by atoms with Crippen LogP contribution in [0.5, 0.6) is 0 Å². The van der Waals surface area contributed by atoms with Crippen molar-refractivity contribution in [3.63, 3.8) is 0 Å². The summed E-state index contributed by atoms with van der Waals surface area (Å²) in [5.74, 6) is 2.86. The molecule has 1 N–H and O–H groups in total. The number of pyridine rings is 1. The van der Waals surface area contributed by atoms with Crippen LogP contribution in [-0.2, 0) is 6.54 Å². The molecule has 0 saturated heterocycles. The van der Waals surface area contributed by atoms with E-state index in [2.05, 4.69) is 27.7 Å². The van der Waals surface area contributed by atoms with Gasteiger partial charge in [-0.1, -0.05) is 18.1 Å². The predicted molar refractivity (Wildman–Crippen MR) is 130 cm³/mol. The van der Waals surface area contributed by atoms with Crippen LogP contribution >= 0.6 is 0 Å². The Morgan fingerprint density at radius 2 is 2.00 bits per heavy atom. The highest BCUT2D eigenvalue weighted by Crippen LogP contribution is 2.32. The highest BCUT2D eigenvalue weighted by Gasteiger charge is 2.18. The van der Waals surface area contributed by atoms with E-state index in [4.69, 9.17) is 16.4 Å². The molecule has 0 bridgehead atoms. The van der Waals surface area contributed by atoms with Crippen molar-refractivity contribution in [2.24, 2.45) is 0 Å². The quantitative estimate of drug-likeness (QED) is 0.319. The zero-order chi connectivity index (χ0) is 23.4. The summed E-state index contributed by atoms with van der Waals surface area (Å²) in [4.78, 5) is 16.0. The summed E-state index contributed by atoms with van der Waals surface area (Å²) in [6, 6.07) is 12.2. The number of rotatable bonds is 8. The fourth-order valence-electron chi connectivity index (χ4n) is 3.57. The molecular weight excluding hydrogens is 415 g/mol. The zero-order valence-electron chi connectivity index (χ0n) is 18.7. The molecular formula is C26H25FN6. The van der Waals surface area contributed by atoms with Crippen LogP contribution in [0.1, 0.15) is 12.5 Å². The standard InChI is InChI=1S/C26H25FN6/c1-5-13-32(4)17-19-11-14-33-23(15-19)31-24(20-6-8-21(27)9-7-20)25(33)22-10-12-28-26(30-22)29-16-18(2)3/h1,6-12,14-15H,2,13,16-17H2,3-4H3,(H,28,29,30). The second-order valence-electron chi connectivity index (χ2n) is 8.03. The van der Waals surface area contributed by atoms with Crippen molar-refractivity contribution in [2.75, 3.05) is 25.5 Å². The van der Waals surface area contributed by atoms with Crippen LogP contribution < -0.4 is 5.32 Å². The van der Waals surface area contributed by atoms with Crippen LogP contribution in [0.25, 0.3) is 28.3 Å². The van der Waals surface area contributed by atoms with Crippen molar-refractivity contribution < 1.29 is 4.39 Å². The number of hydrogen-bond donors (Lipinski definition) is 1. The number of nitrogens with zero attached hydrogens (tertiary/aromatic N) is 5. The van der Waals surface area contributed by atoms with Crippen LogP contribution in [0.2, 0.25) is 0 Å².